The van der Waals surface area contributed by atoms with Crippen LogP contribution in [0.15, 0.2) is 18.2 Å². The van der Waals surface area contributed by atoms with Crippen LogP contribution in [-0.4, -0.2) is 0 Å². The van der Waals surface area contributed by atoms with Gasteiger partial charge in [0, 0.05) is 10.6 Å². The lowest BCUT2D eigenvalue weighted by Crippen LogP contribution is -2.09. The molecule has 0 amide bonds. The topological polar surface area (TPSA) is 0 Å². The van der Waals surface area contributed by atoms with Gasteiger partial charge in [0.05, 0.1) is 5.56 Å². The van der Waals surface area contributed by atoms with Gasteiger partial charge in [0.15, 0.2) is 0 Å². The summed E-state index contributed by atoms with van der Waals surface area (Å²) in [5.41, 5.74) is -2.44. The first-order chi connectivity index (χ1) is 6.32. The molecule has 1 aromatic rings. The highest BCUT2D eigenvalue weighted by Crippen LogP contribution is 2.37. The van der Waals surface area contributed by atoms with Crippen molar-refractivity contribution >= 4 is 11.6 Å². The third-order valence-corrected chi connectivity index (χ3v) is 1.79. The Morgan fingerprint density at radius 2 is 1.71 bits per heavy atom. The minimum absolute atomic E-state index is 0.221. The van der Waals surface area contributed by atoms with Crippen LogP contribution in [0.5, 0.6) is 0 Å². The standard InChI is InChI=1S/C8H4ClF5/c9-4-1-2-5(7(10)11)6(3-4)8(12,13)14/h1-3,7H. The van der Waals surface area contributed by atoms with Crippen LogP contribution >= 0.6 is 11.6 Å². The Balaban J connectivity index is 3.30. The molecular formula is C8H4ClF5. The molecule has 0 nitrogen and oxygen atoms in total. The molecular weight excluding hydrogens is 227 g/mol. The maximum atomic E-state index is 12.2. The van der Waals surface area contributed by atoms with Gasteiger partial charge in [0.25, 0.3) is 6.43 Å². The average Bonchev–Trinajstić information content (AvgIpc) is 2.01. The van der Waals surface area contributed by atoms with E-state index in [1.54, 1.807) is 0 Å². The number of halogens is 6. The van der Waals surface area contributed by atoms with Crippen LogP contribution < -0.4 is 0 Å². The second-order valence-electron chi connectivity index (χ2n) is 2.53. The van der Waals surface area contributed by atoms with Crippen molar-refractivity contribution in [2.75, 3.05) is 0 Å². The Labute approximate surface area is 81.3 Å². The molecule has 1 rings (SSSR count). The zero-order valence-electron chi connectivity index (χ0n) is 6.58. The monoisotopic (exact) mass is 230 g/mol. The molecule has 0 N–H and O–H groups in total. The molecule has 78 valence electrons. The first kappa shape index (κ1) is 11.2. The Morgan fingerprint density at radius 1 is 1.14 bits per heavy atom. The van der Waals surface area contributed by atoms with Crippen molar-refractivity contribution in [2.24, 2.45) is 0 Å². The molecule has 14 heavy (non-hydrogen) atoms. The molecule has 0 spiro atoms. The van der Waals surface area contributed by atoms with Gasteiger partial charge >= 0.3 is 6.18 Å². The van der Waals surface area contributed by atoms with E-state index >= 15 is 0 Å². The van der Waals surface area contributed by atoms with Gasteiger partial charge in [-0.1, -0.05) is 17.7 Å². The lowest BCUT2D eigenvalue weighted by Gasteiger charge is -2.12. The van der Waals surface area contributed by atoms with Gasteiger partial charge in [-0.25, -0.2) is 8.78 Å². The minimum atomic E-state index is -4.81. The molecule has 0 unspecified atom stereocenters. The van der Waals surface area contributed by atoms with Crippen LogP contribution in [0.4, 0.5) is 22.0 Å². The fraction of sp³-hybridized carbons (Fsp3) is 0.250. The number of rotatable bonds is 1. The SMILES string of the molecule is FC(F)c1ccc(Cl)cc1C(F)(F)F. The lowest BCUT2D eigenvalue weighted by molar-refractivity contribution is -0.139. The Morgan fingerprint density at radius 3 is 2.14 bits per heavy atom. The minimum Gasteiger partial charge on any atom is -0.205 e. The average molecular weight is 231 g/mol. The number of alkyl halides is 5. The van der Waals surface area contributed by atoms with E-state index < -0.39 is 23.7 Å². The van der Waals surface area contributed by atoms with Crippen LogP contribution in [0, 0.1) is 0 Å². The van der Waals surface area contributed by atoms with Gasteiger partial charge in [-0.2, -0.15) is 13.2 Å². The van der Waals surface area contributed by atoms with Crippen molar-refractivity contribution in [2.45, 2.75) is 12.6 Å². The highest BCUT2D eigenvalue weighted by molar-refractivity contribution is 6.30. The largest absolute Gasteiger partial charge is 0.416 e. The maximum absolute atomic E-state index is 12.2. The second-order valence-corrected chi connectivity index (χ2v) is 2.97. The van der Waals surface area contributed by atoms with E-state index in [0.29, 0.717) is 12.1 Å². The van der Waals surface area contributed by atoms with E-state index in [9.17, 15) is 22.0 Å². The highest BCUT2D eigenvalue weighted by Gasteiger charge is 2.35. The molecule has 0 bridgehead atoms. The third kappa shape index (κ3) is 2.35. The molecule has 0 fully saturated rings. The van der Waals surface area contributed by atoms with Gasteiger partial charge in [0.1, 0.15) is 0 Å². The summed E-state index contributed by atoms with van der Waals surface area (Å²) < 4.78 is 60.9. The lowest BCUT2D eigenvalue weighted by atomic mass is 10.1. The molecule has 0 aliphatic rings. The fourth-order valence-electron chi connectivity index (χ4n) is 0.964. The summed E-state index contributed by atoms with van der Waals surface area (Å²) in [5, 5.41) is -0.221. The Kier molecular flexibility index (Phi) is 2.99. The Bertz CT molecular complexity index is 331. The first-order valence-electron chi connectivity index (χ1n) is 3.47. The molecule has 0 saturated carbocycles. The van der Waals surface area contributed by atoms with E-state index in [-0.39, 0.29) is 5.02 Å². The highest BCUT2D eigenvalue weighted by atomic mass is 35.5. The molecule has 0 aliphatic carbocycles. The van der Waals surface area contributed by atoms with Crippen LogP contribution in [0.2, 0.25) is 5.02 Å². The summed E-state index contributed by atoms with van der Waals surface area (Å²) in [6, 6.07) is 2.16. The van der Waals surface area contributed by atoms with Crippen LogP contribution in [-0.2, 0) is 6.18 Å². The first-order valence-corrected chi connectivity index (χ1v) is 3.85. The van der Waals surface area contributed by atoms with Gasteiger partial charge in [-0.15, -0.1) is 0 Å². The van der Waals surface area contributed by atoms with Crippen LogP contribution in [0.25, 0.3) is 0 Å². The molecule has 1 aromatic carbocycles. The summed E-state index contributed by atoms with van der Waals surface area (Å²) in [5.74, 6) is 0. The van der Waals surface area contributed by atoms with Gasteiger partial charge in [0.2, 0.25) is 0 Å². The van der Waals surface area contributed by atoms with Crippen molar-refractivity contribution in [3.05, 3.63) is 34.3 Å². The summed E-state index contributed by atoms with van der Waals surface area (Å²) in [6.07, 6.45) is -7.97. The van der Waals surface area contributed by atoms with Gasteiger partial charge < -0.3 is 0 Å². The summed E-state index contributed by atoms with van der Waals surface area (Å²) in [4.78, 5) is 0. The van der Waals surface area contributed by atoms with Crippen molar-refractivity contribution in [3.63, 3.8) is 0 Å². The van der Waals surface area contributed by atoms with Crippen LogP contribution in [0.3, 0.4) is 0 Å². The van der Waals surface area contributed by atoms with E-state index in [1.165, 1.54) is 0 Å². The zero-order chi connectivity index (χ0) is 10.9. The summed E-state index contributed by atoms with van der Waals surface area (Å²) in [7, 11) is 0. The van der Waals surface area contributed by atoms with Crippen molar-refractivity contribution in [3.8, 4) is 0 Å². The maximum Gasteiger partial charge on any atom is 0.416 e. The molecule has 0 aromatic heterocycles. The van der Waals surface area contributed by atoms with E-state index in [4.69, 9.17) is 11.6 Å². The second kappa shape index (κ2) is 3.73. The van der Waals surface area contributed by atoms with Gasteiger partial charge in [-0.05, 0) is 12.1 Å². The predicted molar refractivity (Wildman–Crippen MR) is 41.4 cm³/mol. The van der Waals surface area contributed by atoms with Gasteiger partial charge in [-0.3, -0.25) is 0 Å². The third-order valence-electron chi connectivity index (χ3n) is 1.56. The summed E-state index contributed by atoms with van der Waals surface area (Å²) in [6.45, 7) is 0. The number of hydrogen-bond acceptors (Lipinski definition) is 0. The normalized spacial score (nSPS) is 12.2. The quantitative estimate of drug-likeness (QED) is 0.631. The number of benzene rings is 1. The van der Waals surface area contributed by atoms with E-state index in [1.807, 2.05) is 0 Å². The van der Waals surface area contributed by atoms with Crippen LogP contribution in [0.1, 0.15) is 17.6 Å². The smallest absolute Gasteiger partial charge is 0.205 e. The van der Waals surface area contributed by atoms with Crippen molar-refractivity contribution < 1.29 is 22.0 Å². The zero-order valence-corrected chi connectivity index (χ0v) is 7.33. The molecule has 0 aliphatic heterocycles. The molecule has 6 heteroatoms. The number of hydrogen-bond donors (Lipinski definition) is 0. The predicted octanol–water partition coefficient (Wildman–Crippen LogP) is 4.30. The summed E-state index contributed by atoms with van der Waals surface area (Å²) >= 11 is 5.28. The molecule has 0 heterocycles. The molecule has 0 atom stereocenters. The molecule has 0 saturated heterocycles. The van der Waals surface area contributed by atoms with Crippen molar-refractivity contribution in [1.82, 2.24) is 0 Å². The van der Waals surface area contributed by atoms with E-state index in [2.05, 4.69) is 0 Å². The molecule has 0 radical (unpaired) electrons. The fourth-order valence-corrected chi connectivity index (χ4v) is 1.14. The Hall–Kier alpha value is -0.840. The van der Waals surface area contributed by atoms with E-state index in [0.717, 1.165) is 6.07 Å². The van der Waals surface area contributed by atoms with Crippen molar-refractivity contribution in [1.29, 1.82) is 0 Å².